The molecule has 0 atom stereocenters. The van der Waals surface area contributed by atoms with Gasteiger partial charge in [-0.1, -0.05) is 43.3 Å². The van der Waals surface area contributed by atoms with Crippen molar-refractivity contribution in [2.75, 3.05) is 6.54 Å². The number of thiophene rings is 1. The van der Waals surface area contributed by atoms with Crippen LogP contribution in [0.5, 0.6) is 0 Å². The first-order valence-electron chi connectivity index (χ1n) is 7.22. The number of thiocarbonyl (C=S) groups is 1. The normalized spacial score (nSPS) is 15.4. The van der Waals surface area contributed by atoms with E-state index in [9.17, 15) is 4.79 Å². The molecule has 1 aliphatic rings. The Kier molecular flexibility index (Phi) is 4.22. The maximum Gasteiger partial charge on any atom is 0.255 e. The van der Waals surface area contributed by atoms with Crippen LogP contribution >= 0.6 is 23.6 Å². The topological polar surface area (TPSA) is 46.3 Å². The molecule has 0 unspecified atom stereocenters. The average Bonchev–Trinajstić information content (AvgIpc) is 3.13. The number of benzene rings is 1. The number of rotatable bonds is 4. The minimum absolute atomic E-state index is 0.0622. The van der Waals surface area contributed by atoms with E-state index in [0.29, 0.717) is 11.5 Å². The highest BCUT2D eigenvalue weighted by atomic mass is 32.1. The molecule has 3 rings (SSSR count). The molecule has 1 heterocycles. The second-order valence-corrected chi connectivity index (χ2v) is 6.92. The summed E-state index contributed by atoms with van der Waals surface area (Å²) in [5.41, 5.74) is 6.48. The molecule has 5 heteroatoms. The van der Waals surface area contributed by atoms with E-state index < -0.39 is 0 Å². The van der Waals surface area contributed by atoms with Crippen LogP contribution in [-0.4, -0.2) is 28.4 Å². The smallest absolute Gasteiger partial charge is 0.255 e. The van der Waals surface area contributed by atoms with Gasteiger partial charge in [0.25, 0.3) is 5.91 Å². The van der Waals surface area contributed by atoms with E-state index in [-0.39, 0.29) is 11.9 Å². The van der Waals surface area contributed by atoms with E-state index in [2.05, 4.69) is 0 Å². The third-order valence-electron chi connectivity index (χ3n) is 4.06. The zero-order chi connectivity index (χ0) is 14.8. The number of fused-ring (bicyclic) bond motifs is 1. The predicted octanol–water partition coefficient (Wildman–Crippen LogP) is 3.57. The maximum atomic E-state index is 13.0. The van der Waals surface area contributed by atoms with E-state index >= 15 is 0 Å². The molecule has 1 aromatic carbocycles. The molecule has 1 amide bonds. The van der Waals surface area contributed by atoms with Gasteiger partial charge in [-0.05, 0) is 18.9 Å². The van der Waals surface area contributed by atoms with Crippen LogP contribution in [0.15, 0.2) is 29.6 Å². The molecule has 0 spiro atoms. The lowest BCUT2D eigenvalue weighted by Crippen LogP contribution is -2.43. The third-order valence-corrected chi connectivity index (χ3v) is 5.16. The van der Waals surface area contributed by atoms with Gasteiger partial charge < -0.3 is 10.6 Å². The highest BCUT2D eigenvalue weighted by Gasteiger charge is 2.29. The first kappa shape index (κ1) is 14.5. The molecule has 1 fully saturated rings. The number of nitrogens with zero attached hydrogens (tertiary/aromatic N) is 1. The summed E-state index contributed by atoms with van der Waals surface area (Å²) in [7, 11) is 0. The van der Waals surface area contributed by atoms with Crippen LogP contribution in [0.25, 0.3) is 10.1 Å². The summed E-state index contributed by atoms with van der Waals surface area (Å²) in [5.74, 6) is 0.0622. The van der Waals surface area contributed by atoms with Crippen LogP contribution in [0, 0.1) is 0 Å². The number of hydrogen-bond donors (Lipinski definition) is 1. The Morgan fingerprint density at radius 3 is 2.76 bits per heavy atom. The van der Waals surface area contributed by atoms with Gasteiger partial charge in [0.05, 0.1) is 17.1 Å². The summed E-state index contributed by atoms with van der Waals surface area (Å²) in [6, 6.07) is 8.30. The highest BCUT2D eigenvalue weighted by Crippen LogP contribution is 2.30. The first-order valence-corrected chi connectivity index (χ1v) is 8.51. The van der Waals surface area contributed by atoms with Gasteiger partial charge in [0, 0.05) is 21.5 Å². The zero-order valence-corrected chi connectivity index (χ0v) is 13.4. The molecule has 2 N–H and O–H groups in total. The monoisotopic (exact) mass is 318 g/mol. The average molecular weight is 318 g/mol. The Bertz CT molecular complexity index is 674. The summed E-state index contributed by atoms with van der Waals surface area (Å²) in [5, 5.41) is 2.98. The maximum absolute atomic E-state index is 13.0. The molecule has 0 radical (unpaired) electrons. The van der Waals surface area contributed by atoms with E-state index in [0.717, 1.165) is 28.5 Å². The molecule has 1 aromatic heterocycles. The zero-order valence-electron chi connectivity index (χ0n) is 11.7. The van der Waals surface area contributed by atoms with E-state index in [1.54, 1.807) is 11.3 Å². The van der Waals surface area contributed by atoms with Gasteiger partial charge in [-0.3, -0.25) is 4.79 Å². The molecule has 3 nitrogen and oxygen atoms in total. The SMILES string of the molecule is NC(=S)CN(C(=O)c1csc2ccccc12)C1CCCC1. The molecular weight excluding hydrogens is 300 g/mol. The lowest BCUT2D eigenvalue weighted by molar-refractivity contribution is 0.0717. The fourth-order valence-corrected chi connectivity index (χ4v) is 4.12. The van der Waals surface area contributed by atoms with Gasteiger partial charge in [-0.15, -0.1) is 11.3 Å². The summed E-state index contributed by atoms with van der Waals surface area (Å²) in [6.45, 7) is 0.378. The van der Waals surface area contributed by atoms with Crippen molar-refractivity contribution in [2.45, 2.75) is 31.7 Å². The van der Waals surface area contributed by atoms with E-state index in [4.69, 9.17) is 18.0 Å². The van der Waals surface area contributed by atoms with E-state index in [1.165, 1.54) is 12.8 Å². The standard InChI is InChI=1S/C16H18N2OS2/c17-15(20)9-18(11-5-1-2-6-11)16(19)13-10-21-14-8-4-3-7-12(13)14/h3-4,7-8,10-11H,1-2,5-6,9H2,(H2,17,20). The van der Waals surface area contributed by atoms with Gasteiger partial charge in [0.15, 0.2) is 0 Å². The van der Waals surface area contributed by atoms with Gasteiger partial charge >= 0.3 is 0 Å². The van der Waals surface area contributed by atoms with Gasteiger partial charge in [0.2, 0.25) is 0 Å². The molecule has 0 aliphatic heterocycles. The number of carbonyl (C=O) groups is 1. The lowest BCUT2D eigenvalue weighted by atomic mass is 10.1. The molecule has 2 aromatic rings. The van der Waals surface area contributed by atoms with Crippen LogP contribution in [0.1, 0.15) is 36.0 Å². The van der Waals surface area contributed by atoms with E-state index in [1.807, 2.05) is 34.5 Å². The van der Waals surface area contributed by atoms with Crippen molar-refractivity contribution in [2.24, 2.45) is 5.73 Å². The number of hydrogen-bond acceptors (Lipinski definition) is 3. The van der Waals surface area contributed by atoms with Crippen LogP contribution in [0.2, 0.25) is 0 Å². The fourth-order valence-electron chi connectivity index (χ4n) is 3.05. The molecule has 1 aliphatic carbocycles. The predicted molar refractivity (Wildman–Crippen MR) is 91.9 cm³/mol. The minimum Gasteiger partial charge on any atom is -0.392 e. The quantitative estimate of drug-likeness (QED) is 0.877. The molecular formula is C16H18N2OS2. The second kappa shape index (κ2) is 6.12. The number of amides is 1. The minimum atomic E-state index is 0.0622. The fraction of sp³-hybridized carbons (Fsp3) is 0.375. The summed E-state index contributed by atoms with van der Waals surface area (Å²) in [6.07, 6.45) is 4.46. The van der Waals surface area contributed by atoms with Gasteiger partial charge in [-0.25, -0.2) is 0 Å². The third kappa shape index (κ3) is 2.94. The summed E-state index contributed by atoms with van der Waals surface area (Å²) in [4.78, 5) is 15.2. The Morgan fingerprint density at radius 2 is 2.05 bits per heavy atom. The van der Waals surface area contributed by atoms with Crippen molar-refractivity contribution < 1.29 is 4.79 Å². The Hall–Kier alpha value is -1.46. The summed E-state index contributed by atoms with van der Waals surface area (Å²) >= 11 is 6.65. The second-order valence-electron chi connectivity index (χ2n) is 5.48. The van der Waals surface area contributed by atoms with Crippen molar-refractivity contribution in [3.8, 4) is 0 Å². The highest BCUT2D eigenvalue weighted by molar-refractivity contribution is 7.80. The van der Waals surface area contributed by atoms with Crippen molar-refractivity contribution in [1.82, 2.24) is 4.90 Å². The number of carbonyl (C=O) groups excluding carboxylic acids is 1. The number of nitrogens with two attached hydrogens (primary N) is 1. The molecule has 0 saturated heterocycles. The Labute approximate surface area is 133 Å². The van der Waals surface area contributed by atoms with Crippen LogP contribution in [-0.2, 0) is 0 Å². The van der Waals surface area contributed by atoms with Crippen molar-refractivity contribution in [1.29, 1.82) is 0 Å². The van der Waals surface area contributed by atoms with Crippen LogP contribution < -0.4 is 5.73 Å². The Morgan fingerprint density at radius 1 is 1.33 bits per heavy atom. The van der Waals surface area contributed by atoms with Crippen LogP contribution in [0.4, 0.5) is 0 Å². The van der Waals surface area contributed by atoms with Gasteiger partial charge in [-0.2, -0.15) is 0 Å². The van der Waals surface area contributed by atoms with Crippen molar-refractivity contribution in [3.63, 3.8) is 0 Å². The molecule has 1 saturated carbocycles. The van der Waals surface area contributed by atoms with Crippen molar-refractivity contribution in [3.05, 3.63) is 35.2 Å². The van der Waals surface area contributed by atoms with Crippen LogP contribution in [0.3, 0.4) is 0 Å². The van der Waals surface area contributed by atoms with Gasteiger partial charge in [0.1, 0.15) is 0 Å². The lowest BCUT2D eigenvalue weighted by Gasteiger charge is -2.28. The molecule has 110 valence electrons. The largest absolute Gasteiger partial charge is 0.392 e. The first-order chi connectivity index (χ1) is 10.2. The molecule has 0 bridgehead atoms. The molecule has 21 heavy (non-hydrogen) atoms. The van der Waals surface area contributed by atoms with Crippen molar-refractivity contribution >= 4 is 44.5 Å². The Balaban J connectivity index is 1.94. The summed E-state index contributed by atoms with van der Waals surface area (Å²) < 4.78 is 1.14.